The van der Waals surface area contributed by atoms with Crippen LogP contribution in [0.5, 0.6) is 5.88 Å². The summed E-state index contributed by atoms with van der Waals surface area (Å²) >= 11 is 5.91. The number of hydrogen-bond acceptors (Lipinski definition) is 3. The first-order valence-corrected chi connectivity index (χ1v) is 7.75. The van der Waals surface area contributed by atoms with Gasteiger partial charge in [-0.15, -0.1) is 0 Å². The fourth-order valence-corrected chi connectivity index (χ4v) is 2.64. The molecule has 0 amide bonds. The van der Waals surface area contributed by atoms with Gasteiger partial charge < -0.3 is 10.1 Å². The van der Waals surface area contributed by atoms with Gasteiger partial charge in [0.05, 0.1) is 0 Å². The molecule has 0 spiro atoms. The highest BCUT2D eigenvalue weighted by atomic mass is 35.5. The summed E-state index contributed by atoms with van der Waals surface area (Å²) in [5.41, 5.74) is 2.22. The fourth-order valence-electron chi connectivity index (χ4n) is 2.52. The smallest absolute Gasteiger partial charge is 0.213 e. The van der Waals surface area contributed by atoms with E-state index in [9.17, 15) is 0 Å². The van der Waals surface area contributed by atoms with E-state index in [4.69, 9.17) is 16.3 Å². The molecule has 3 nitrogen and oxygen atoms in total. The molecule has 1 fully saturated rings. The van der Waals surface area contributed by atoms with Crippen molar-refractivity contribution in [1.29, 1.82) is 0 Å². The number of nitrogens with zero attached hydrogens (tertiary/aromatic N) is 1. The molecule has 0 saturated carbocycles. The van der Waals surface area contributed by atoms with Gasteiger partial charge in [-0.1, -0.05) is 29.8 Å². The van der Waals surface area contributed by atoms with Gasteiger partial charge in [-0.3, -0.25) is 0 Å². The van der Waals surface area contributed by atoms with Crippen LogP contribution in [-0.2, 0) is 6.42 Å². The van der Waals surface area contributed by atoms with Gasteiger partial charge >= 0.3 is 0 Å². The number of piperidine rings is 1. The van der Waals surface area contributed by atoms with Gasteiger partial charge in [0.15, 0.2) is 0 Å². The van der Waals surface area contributed by atoms with E-state index in [0.717, 1.165) is 48.9 Å². The molecule has 0 aliphatic carbocycles. The second-order valence-corrected chi connectivity index (χ2v) is 5.77. The van der Waals surface area contributed by atoms with Crippen molar-refractivity contribution in [1.82, 2.24) is 10.3 Å². The molecule has 110 valence electrons. The lowest BCUT2D eigenvalue weighted by molar-refractivity contribution is 0.155. The van der Waals surface area contributed by atoms with Gasteiger partial charge in [-0.2, -0.15) is 0 Å². The molecule has 1 aliphatic heterocycles. The molecule has 3 rings (SSSR count). The summed E-state index contributed by atoms with van der Waals surface area (Å²) in [6.07, 6.45) is 3.16. The molecule has 1 aromatic heterocycles. The van der Waals surface area contributed by atoms with Crippen molar-refractivity contribution < 1.29 is 4.74 Å². The lowest BCUT2D eigenvalue weighted by Gasteiger charge is -2.23. The van der Waals surface area contributed by atoms with Crippen LogP contribution in [0.15, 0.2) is 42.5 Å². The van der Waals surface area contributed by atoms with Crippen molar-refractivity contribution in [2.75, 3.05) is 13.1 Å². The van der Waals surface area contributed by atoms with Crippen LogP contribution < -0.4 is 10.1 Å². The van der Waals surface area contributed by atoms with E-state index in [-0.39, 0.29) is 6.10 Å². The van der Waals surface area contributed by atoms with Crippen molar-refractivity contribution in [2.24, 2.45) is 0 Å². The minimum absolute atomic E-state index is 0.282. The molecule has 0 atom stereocenters. The van der Waals surface area contributed by atoms with Crippen molar-refractivity contribution in [3.05, 3.63) is 58.7 Å². The zero-order valence-electron chi connectivity index (χ0n) is 11.9. The maximum Gasteiger partial charge on any atom is 0.213 e. The van der Waals surface area contributed by atoms with E-state index in [1.807, 2.05) is 42.5 Å². The Balaban J connectivity index is 1.66. The molecule has 2 heterocycles. The predicted octanol–water partition coefficient (Wildman–Crippen LogP) is 3.46. The lowest BCUT2D eigenvalue weighted by Crippen LogP contribution is -2.34. The number of aromatic nitrogens is 1. The topological polar surface area (TPSA) is 34.1 Å². The molecule has 0 bridgehead atoms. The Morgan fingerprint density at radius 1 is 1.10 bits per heavy atom. The van der Waals surface area contributed by atoms with Crippen molar-refractivity contribution in [2.45, 2.75) is 25.4 Å². The second-order valence-electron chi connectivity index (χ2n) is 5.34. The first-order chi connectivity index (χ1) is 10.3. The Bertz CT molecular complexity index is 580. The minimum atomic E-state index is 0.282. The van der Waals surface area contributed by atoms with Crippen LogP contribution >= 0.6 is 11.6 Å². The molecule has 0 unspecified atom stereocenters. The van der Waals surface area contributed by atoms with Crippen LogP contribution in [-0.4, -0.2) is 24.2 Å². The highest BCUT2D eigenvalue weighted by Crippen LogP contribution is 2.17. The van der Waals surface area contributed by atoms with Crippen molar-refractivity contribution >= 4 is 11.6 Å². The monoisotopic (exact) mass is 302 g/mol. The van der Waals surface area contributed by atoms with Gasteiger partial charge in [0, 0.05) is 23.2 Å². The summed E-state index contributed by atoms with van der Waals surface area (Å²) in [7, 11) is 0. The number of hydrogen-bond donors (Lipinski definition) is 1. The molecule has 1 N–H and O–H groups in total. The molecule has 2 aromatic rings. The van der Waals surface area contributed by atoms with Crippen LogP contribution in [0, 0.1) is 0 Å². The van der Waals surface area contributed by atoms with E-state index in [1.54, 1.807) is 0 Å². The second kappa shape index (κ2) is 6.92. The molecule has 1 saturated heterocycles. The standard InChI is InChI=1S/C17H19ClN2O/c18-14-6-4-13(5-7-14)12-15-2-1-3-17(20-15)21-16-8-10-19-11-9-16/h1-7,16,19H,8-12H2. The van der Waals surface area contributed by atoms with Crippen LogP contribution in [0.3, 0.4) is 0 Å². The predicted molar refractivity (Wildman–Crippen MR) is 85.0 cm³/mol. The van der Waals surface area contributed by atoms with Crippen molar-refractivity contribution in [3.8, 4) is 5.88 Å². The van der Waals surface area contributed by atoms with Gasteiger partial charge in [-0.05, 0) is 49.7 Å². The zero-order chi connectivity index (χ0) is 14.5. The molecule has 21 heavy (non-hydrogen) atoms. The normalized spacial score (nSPS) is 15.9. The summed E-state index contributed by atoms with van der Waals surface area (Å²) in [6, 6.07) is 13.9. The van der Waals surface area contributed by atoms with Gasteiger partial charge in [-0.25, -0.2) is 4.98 Å². The maximum atomic E-state index is 5.98. The third-order valence-electron chi connectivity index (χ3n) is 3.65. The van der Waals surface area contributed by atoms with E-state index in [0.29, 0.717) is 0 Å². The lowest BCUT2D eigenvalue weighted by atomic mass is 10.1. The van der Waals surface area contributed by atoms with Crippen LogP contribution in [0.4, 0.5) is 0 Å². The van der Waals surface area contributed by atoms with E-state index in [2.05, 4.69) is 10.3 Å². The van der Waals surface area contributed by atoms with Gasteiger partial charge in [0.25, 0.3) is 0 Å². The Labute approximate surface area is 130 Å². The average Bonchev–Trinajstić information content (AvgIpc) is 2.51. The third kappa shape index (κ3) is 4.19. The molecular formula is C17H19ClN2O. The SMILES string of the molecule is Clc1ccc(Cc2cccc(OC3CCNCC3)n2)cc1. The quantitative estimate of drug-likeness (QED) is 0.939. The summed E-state index contributed by atoms with van der Waals surface area (Å²) in [5, 5.41) is 4.10. The largest absolute Gasteiger partial charge is 0.474 e. The molecular weight excluding hydrogens is 284 g/mol. The number of pyridine rings is 1. The minimum Gasteiger partial charge on any atom is -0.474 e. The molecule has 4 heteroatoms. The molecule has 1 aliphatic rings. The molecule has 1 aromatic carbocycles. The van der Waals surface area contributed by atoms with E-state index in [1.165, 1.54) is 5.56 Å². The van der Waals surface area contributed by atoms with Gasteiger partial charge in [0.2, 0.25) is 5.88 Å². The van der Waals surface area contributed by atoms with Crippen LogP contribution in [0.1, 0.15) is 24.1 Å². The number of benzene rings is 1. The Hall–Kier alpha value is -1.58. The highest BCUT2D eigenvalue weighted by molar-refractivity contribution is 6.30. The van der Waals surface area contributed by atoms with Crippen LogP contribution in [0.2, 0.25) is 5.02 Å². The number of halogens is 1. The van der Waals surface area contributed by atoms with Gasteiger partial charge in [0.1, 0.15) is 6.10 Å². The molecule has 0 radical (unpaired) electrons. The maximum absolute atomic E-state index is 5.98. The number of ether oxygens (including phenoxy) is 1. The summed E-state index contributed by atoms with van der Waals surface area (Å²) < 4.78 is 5.98. The first-order valence-electron chi connectivity index (χ1n) is 7.37. The number of rotatable bonds is 4. The van der Waals surface area contributed by atoms with E-state index < -0.39 is 0 Å². The highest BCUT2D eigenvalue weighted by Gasteiger charge is 2.15. The van der Waals surface area contributed by atoms with Crippen LogP contribution in [0.25, 0.3) is 0 Å². The number of nitrogens with one attached hydrogen (secondary N) is 1. The average molecular weight is 303 g/mol. The summed E-state index contributed by atoms with van der Waals surface area (Å²) in [4.78, 5) is 4.61. The summed E-state index contributed by atoms with van der Waals surface area (Å²) in [5.74, 6) is 0.730. The van der Waals surface area contributed by atoms with E-state index >= 15 is 0 Å². The first kappa shape index (κ1) is 14.4. The Morgan fingerprint density at radius 3 is 2.62 bits per heavy atom. The van der Waals surface area contributed by atoms with Crippen molar-refractivity contribution in [3.63, 3.8) is 0 Å². The Morgan fingerprint density at radius 2 is 1.86 bits per heavy atom. The zero-order valence-corrected chi connectivity index (χ0v) is 12.6. The summed E-state index contributed by atoms with van der Waals surface area (Å²) in [6.45, 7) is 2.05. The fraction of sp³-hybridized carbons (Fsp3) is 0.353. The Kier molecular flexibility index (Phi) is 4.73. The third-order valence-corrected chi connectivity index (χ3v) is 3.91.